The lowest BCUT2D eigenvalue weighted by atomic mass is 10.0. The molecule has 0 bridgehead atoms. The van der Waals surface area contributed by atoms with E-state index in [1.165, 1.54) is 0 Å². The van der Waals surface area contributed by atoms with Gasteiger partial charge in [0.05, 0.1) is 6.61 Å². The Balaban J connectivity index is 2.46. The summed E-state index contributed by atoms with van der Waals surface area (Å²) in [5, 5.41) is 2.52. The molecule has 5 nitrogen and oxygen atoms in total. The summed E-state index contributed by atoms with van der Waals surface area (Å²) in [6, 6.07) is 0. The molecule has 5 heteroatoms. The normalized spacial score (nSPS) is 21.8. The van der Waals surface area contributed by atoms with Crippen LogP contribution in [0, 0.1) is 0 Å². The number of nitrogens with one attached hydrogen (secondary N) is 1. The third kappa shape index (κ3) is 2.18. The minimum absolute atomic E-state index is 0.268. The van der Waals surface area contributed by atoms with E-state index in [0.717, 1.165) is 0 Å². The van der Waals surface area contributed by atoms with Gasteiger partial charge in [-0.25, -0.2) is 0 Å². The lowest BCUT2D eigenvalue weighted by Crippen LogP contribution is -2.57. The molecule has 74 valence electrons. The Morgan fingerprint density at radius 1 is 1.54 bits per heavy atom. The van der Waals surface area contributed by atoms with Crippen LogP contribution in [0.15, 0.2) is 0 Å². The molecule has 1 aliphatic rings. The molecule has 13 heavy (non-hydrogen) atoms. The van der Waals surface area contributed by atoms with E-state index in [1.807, 2.05) is 0 Å². The maximum atomic E-state index is 11.3. The molecule has 1 saturated heterocycles. The van der Waals surface area contributed by atoms with Crippen LogP contribution in [0.25, 0.3) is 0 Å². The van der Waals surface area contributed by atoms with Crippen molar-refractivity contribution in [3.63, 3.8) is 0 Å². The zero-order valence-corrected chi connectivity index (χ0v) is 7.79. The van der Waals surface area contributed by atoms with Crippen molar-refractivity contribution >= 4 is 11.8 Å². The second-order valence-corrected chi connectivity index (χ2v) is 3.63. The Morgan fingerprint density at radius 3 is 2.38 bits per heavy atom. The zero-order valence-electron chi connectivity index (χ0n) is 7.79. The van der Waals surface area contributed by atoms with Gasteiger partial charge in [-0.2, -0.15) is 0 Å². The Hall–Kier alpha value is -1.10. The maximum absolute atomic E-state index is 11.3. The van der Waals surface area contributed by atoms with Crippen molar-refractivity contribution in [1.29, 1.82) is 0 Å². The van der Waals surface area contributed by atoms with Crippen LogP contribution in [0.4, 0.5) is 0 Å². The Bertz CT molecular complexity index is 234. The monoisotopic (exact) mass is 186 g/mol. The molecular formula is C8H14N2O3. The summed E-state index contributed by atoms with van der Waals surface area (Å²) in [7, 11) is 0. The van der Waals surface area contributed by atoms with Gasteiger partial charge in [0.15, 0.2) is 0 Å². The van der Waals surface area contributed by atoms with Gasteiger partial charge in [-0.3, -0.25) is 9.59 Å². The van der Waals surface area contributed by atoms with E-state index >= 15 is 0 Å². The van der Waals surface area contributed by atoms with Gasteiger partial charge in [-0.1, -0.05) is 0 Å². The highest BCUT2D eigenvalue weighted by Gasteiger charge is 2.33. The van der Waals surface area contributed by atoms with E-state index in [-0.39, 0.29) is 5.91 Å². The fourth-order valence-corrected chi connectivity index (χ4v) is 0.893. The summed E-state index contributed by atoms with van der Waals surface area (Å²) >= 11 is 0. The van der Waals surface area contributed by atoms with Crippen LogP contribution in [-0.4, -0.2) is 30.1 Å². The average Bonchev–Trinajstić information content (AvgIpc) is 1.80. The number of carbonyl (C=O) groups excluding carboxylic acids is 2. The lowest BCUT2D eigenvalue weighted by Gasteiger charge is -2.29. The van der Waals surface area contributed by atoms with E-state index < -0.39 is 17.6 Å². The molecule has 1 fully saturated rings. The molecule has 2 amide bonds. The third-order valence-electron chi connectivity index (χ3n) is 2.04. The van der Waals surface area contributed by atoms with E-state index in [0.29, 0.717) is 13.0 Å². The summed E-state index contributed by atoms with van der Waals surface area (Å²) in [4.78, 5) is 22.2. The largest absolute Gasteiger partial charge is 0.368 e. The Morgan fingerprint density at radius 2 is 2.08 bits per heavy atom. The van der Waals surface area contributed by atoms with Gasteiger partial charge in [0.2, 0.25) is 11.8 Å². The predicted octanol–water partition coefficient (Wildman–Crippen LogP) is -0.845. The Labute approximate surface area is 76.6 Å². The molecule has 0 aromatic rings. The molecule has 1 rings (SSSR count). The SMILES string of the molecule is CC(C)(NC(=O)C1CCO1)C(N)=O. The fraction of sp³-hybridized carbons (Fsp3) is 0.750. The zero-order chi connectivity index (χ0) is 10.1. The smallest absolute Gasteiger partial charge is 0.250 e. The molecule has 0 aromatic carbocycles. The van der Waals surface area contributed by atoms with Crippen molar-refractivity contribution in [2.75, 3.05) is 6.61 Å². The van der Waals surface area contributed by atoms with Crippen molar-refractivity contribution in [2.45, 2.75) is 31.9 Å². The van der Waals surface area contributed by atoms with Gasteiger partial charge >= 0.3 is 0 Å². The lowest BCUT2D eigenvalue weighted by molar-refractivity contribution is -0.148. The summed E-state index contributed by atoms with van der Waals surface area (Å²) in [6.45, 7) is 3.73. The minimum atomic E-state index is -1.00. The van der Waals surface area contributed by atoms with E-state index in [9.17, 15) is 9.59 Å². The number of amides is 2. The number of hydrogen-bond acceptors (Lipinski definition) is 3. The summed E-state index contributed by atoms with van der Waals surface area (Å²) in [5.41, 5.74) is 4.08. The van der Waals surface area contributed by atoms with Crippen LogP contribution < -0.4 is 11.1 Å². The number of hydrogen-bond donors (Lipinski definition) is 2. The van der Waals surface area contributed by atoms with Crippen molar-refractivity contribution in [3.05, 3.63) is 0 Å². The molecule has 3 N–H and O–H groups in total. The van der Waals surface area contributed by atoms with E-state index in [2.05, 4.69) is 5.32 Å². The number of primary amides is 1. The quantitative estimate of drug-likeness (QED) is 0.602. The highest BCUT2D eigenvalue weighted by Crippen LogP contribution is 2.12. The molecule has 1 atom stereocenters. The second-order valence-electron chi connectivity index (χ2n) is 3.63. The first kappa shape index (κ1) is 9.98. The van der Waals surface area contributed by atoms with E-state index in [1.54, 1.807) is 13.8 Å². The summed E-state index contributed by atoms with van der Waals surface area (Å²) in [6.07, 6.45) is 0.305. The van der Waals surface area contributed by atoms with Crippen LogP contribution in [0.3, 0.4) is 0 Å². The van der Waals surface area contributed by atoms with Crippen molar-refractivity contribution in [3.8, 4) is 0 Å². The first-order valence-electron chi connectivity index (χ1n) is 4.17. The van der Waals surface area contributed by atoms with Crippen LogP contribution in [-0.2, 0) is 14.3 Å². The summed E-state index contributed by atoms with van der Waals surface area (Å²) < 4.78 is 4.95. The van der Waals surface area contributed by atoms with Gasteiger partial charge < -0.3 is 15.8 Å². The van der Waals surface area contributed by atoms with Gasteiger partial charge in [0.1, 0.15) is 11.6 Å². The number of ether oxygens (including phenoxy) is 1. The number of carbonyl (C=O) groups is 2. The molecule has 0 aromatic heterocycles. The molecule has 0 aliphatic carbocycles. The molecule has 0 spiro atoms. The topological polar surface area (TPSA) is 81.4 Å². The van der Waals surface area contributed by atoms with E-state index in [4.69, 9.17) is 10.5 Å². The van der Waals surface area contributed by atoms with Crippen LogP contribution >= 0.6 is 0 Å². The number of rotatable bonds is 3. The molecular weight excluding hydrogens is 172 g/mol. The van der Waals surface area contributed by atoms with Crippen molar-refractivity contribution < 1.29 is 14.3 Å². The minimum Gasteiger partial charge on any atom is -0.368 e. The van der Waals surface area contributed by atoms with Crippen LogP contribution in [0.1, 0.15) is 20.3 Å². The molecule has 1 unspecified atom stereocenters. The van der Waals surface area contributed by atoms with Gasteiger partial charge in [0, 0.05) is 6.42 Å². The first-order chi connectivity index (χ1) is 5.93. The third-order valence-corrected chi connectivity index (χ3v) is 2.04. The average molecular weight is 186 g/mol. The fourth-order valence-electron chi connectivity index (χ4n) is 0.893. The molecule has 0 saturated carbocycles. The van der Waals surface area contributed by atoms with Crippen LogP contribution in [0.2, 0.25) is 0 Å². The van der Waals surface area contributed by atoms with Gasteiger partial charge in [0.25, 0.3) is 0 Å². The predicted molar refractivity (Wildman–Crippen MR) is 45.8 cm³/mol. The number of nitrogens with two attached hydrogens (primary N) is 1. The first-order valence-corrected chi connectivity index (χ1v) is 4.17. The maximum Gasteiger partial charge on any atom is 0.250 e. The molecule has 1 aliphatic heterocycles. The van der Waals surface area contributed by atoms with Gasteiger partial charge in [-0.05, 0) is 13.8 Å². The molecule has 1 heterocycles. The van der Waals surface area contributed by atoms with Crippen molar-refractivity contribution in [1.82, 2.24) is 5.32 Å². The standard InChI is InChI=1S/C8H14N2O3/c1-8(2,7(9)12)10-6(11)5-3-4-13-5/h5H,3-4H2,1-2H3,(H2,9,12)(H,10,11). The molecule has 0 radical (unpaired) electrons. The Kier molecular flexibility index (Phi) is 2.56. The van der Waals surface area contributed by atoms with Crippen LogP contribution in [0.5, 0.6) is 0 Å². The summed E-state index contributed by atoms with van der Waals surface area (Å²) in [5.74, 6) is -0.824. The van der Waals surface area contributed by atoms with Gasteiger partial charge in [-0.15, -0.1) is 0 Å². The second kappa shape index (κ2) is 3.33. The highest BCUT2D eigenvalue weighted by atomic mass is 16.5. The highest BCUT2D eigenvalue weighted by molar-refractivity contribution is 5.91. The van der Waals surface area contributed by atoms with Crippen molar-refractivity contribution in [2.24, 2.45) is 5.73 Å².